The number of thiophene rings is 1. The van der Waals surface area contributed by atoms with E-state index >= 15 is 0 Å². The number of nitrogens with one attached hydrogen (secondary N) is 2. The summed E-state index contributed by atoms with van der Waals surface area (Å²) in [5.74, 6) is 0.601. The number of carbonyl (C=O) groups is 2. The van der Waals surface area contributed by atoms with Gasteiger partial charge in [-0.15, -0.1) is 11.3 Å². The van der Waals surface area contributed by atoms with Crippen molar-refractivity contribution in [2.24, 2.45) is 0 Å². The van der Waals surface area contributed by atoms with Gasteiger partial charge < -0.3 is 20.1 Å². The van der Waals surface area contributed by atoms with E-state index in [0.717, 1.165) is 4.88 Å². The number of ether oxygens (including phenoxy) is 2. The van der Waals surface area contributed by atoms with Crippen molar-refractivity contribution in [1.29, 1.82) is 0 Å². The van der Waals surface area contributed by atoms with Crippen LogP contribution < -0.4 is 20.1 Å². The first-order chi connectivity index (χ1) is 17.0. The predicted molar refractivity (Wildman–Crippen MR) is 139 cm³/mol. The molecule has 0 saturated heterocycles. The van der Waals surface area contributed by atoms with Gasteiger partial charge in [-0.2, -0.15) is 0 Å². The Morgan fingerprint density at radius 1 is 0.914 bits per heavy atom. The fourth-order valence-corrected chi connectivity index (χ4v) is 3.96. The number of hydrogen-bond acceptors (Lipinski definition) is 5. The maximum Gasteiger partial charge on any atom is 0.272 e. The summed E-state index contributed by atoms with van der Waals surface area (Å²) in [5, 5.41) is 7.83. The lowest BCUT2D eigenvalue weighted by molar-refractivity contribution is -0.113. The van der Waals surface area contributed by atoms with Crippen molar-refractivity contribution in [3.8, 4) is 17.2 Å². The first-order valence-corrected chi connectivity index (χ1v) is 11.8. The van der Waals surface area contributed by atoms with Crippen LogP contribution in [0.25, 0.3) is 6.08 Å². The molecule has 0 atom stereocenters. The Kier molecular flexibility index (Phi) is 7.82. The van der Waals surface area contributed by atoms with Crippen molar-refractivity contribution in [2.75, 3.05) is 12.4 Å². The molecule has 0 spiro atoms. The molecule has 1 heterocycles. The van der Waals surface area contributed by atoms with Crippen molar-refractivity contribution >= 4 is 46.5 Å². The van der Waals surface area contributed by atoms with Crippen LogP contribution in [0, 0.1) is 0 Å². The molecule has 0 aliphatic rings. The second-order valence-corrected chi connectivity index (χ2v) is 8.68. The molecule has 176 valence electrons. The van der Waals surface area contributed by atoms with E-state index in [1.54, 1.807) is 79.9 Å². The molecule has 2 N–H and O–H groups in total. The Morgan fingerprint density at radius 3 is 2.46 bits per heavy atom. The van der Waals surface area contributed by atoms with Crippen LogP contribution in [0.5, 0.6) is 17.2 Å². The molecule has 0 saturated carbocycles. The van der Waals surface area contributed by atoms with E-state index in [-0.39, 0.29) is 5.70 Å². The fraction of sp³-hybridized carbons (Fsp3) is 0.0370. The third-order valence-electron chi connectivity index (χ3n) is 4.82. The monoisotopic (exact) mass is 504 g/mol. The largest absolute Gasteiger partial charge is 0.497 e. The van der Waals surface area contributed by atoms with Crippen molar-refractivity contribution in [1.82, 2.24) is 5.32 Å². The molecule has 0 bridgehead atoms. The van der Waals surface area contributed by atoms with Gasteiger partial charge in [-0.3, -0.25) is 9.59 Å². The lowest BCUT2D eigenvalue weighted by Gasteiger charge is -2.15. The molecule has 0 aliphatic carbocycles. The first kappa shape index (κ1) is 24.1. The smallest absolute Gasteiger partial charge is 0.272 e. The summed E-state index contributed by atoms with van der Waals surface area (Å²) in [7, 11) is 1.57. The lowest BCUT2D eigenvalue weighted by atomic mass is 10.2. The standard InChI is InChI=1S/C27H21ClN2O4S/c1-33-20-9-5-10-21(16-20)34-25-13-12-19(28)15-23(25)29-27(32)24(17-22-11-6-14-35-22)30-26(31)18-7-3-2-4-8-18/h2-17H,1H3,(H,29,32)(H,30,31)/b24-17-. The number of rotatable bonds is 8. The van der Waals surface area contributed by atoms with Gasteiger partial charge in [-0.25, -0.2) is 0 Å². The maximum atomic E-state index is 13.3. The molecule has 0 fully saturated rings. The average molecular weight is 505 g/mol. The molecule has 3 aromatic carbocycles. The Bertz CT molecular complexity index is 1350. The second-order valence-electron chi connectivity index (χ2n) is 7.27. The summed E-state index contributed by atoms with van der Waals surface area (Å²) in [5.41, 5.74) is 0.854. The van der Waals surface area contributed by atoms with Gasteiger partial charge in [0.1, 0.15) is 17.2 Å². The Morgan fingerprint density at radius 2 is 1.71 bits per heavy atom. The minimum absolute atomic E-state index is 0.0774. The number of amides is 2. The SMILES string of the molecule is COc1cccc(Oc2ccc(Cl)cc2NC(=O)/C(=C/c2cccs2)NC(=O)c2ccccc2)c1. The average Bonchev–Trinajstić information content (AvgIpc) is 3.39. The molecule has 4 aromatic rings. The molecule has 0 aliphatic heterocycles. The van der Waals surface area contributed by atoms with Crippen LogP contribution in [-0.2, 0) is 4.79 Å². The molecule has 1 aromatic heterocycles. The minimum Gasteiger partial charge on any atom is -0.497 e. The summed E-state index contributed by atoms with van der Waals surface area (Å²) < 4.78 is 11.2. The van der Waals surface area contributed by atoms with Gasteiger partial charge in [0, 0.05) is 21.5 Å². The van der Waals surface area contributed by atoms with E-state index in [4.69, 9.17) is 21.1 Å². The molecule has 35 heavy (non-hydrogen) atoms. The number of methoxy groups -OCH3 is 1. The van der Waals surface area contributed by atoms with E-state index < -0.39 is 11.8 Å². The quantitative estimate of drug-likeness (QED) is 0.265. The highest BCUT2D eigenvalue weighted by atomic mass is 35.5. The van der Waals surface area contributed by atoms with Gasteiger partial charge in [0.2, 0.25) is 0 Å². The third-order valence-corrected chi connectivity index (χ3v) is 5.87. The number of benzene rings is 3. The maximum absolute atomic E-state index is 13.3. The van der Waals surface area contributed by atoms with Crippen molar-refractivity contribution in [2.45, 2.75) is 0 Å². The first-order valence-electron chi connectivity index (χ1n) is 10.6. The van der Waals surface area contributed by atoms with Crippen LogP contribution in [0.2, 0.25) is 5.02 Å². The van der Waals surface area contributed by atoms with Gasteiger partial charge in [-0.1, -0.05) is 41.9 Å². The fourth-order valence-electron chi connectivity index (χ4n) is 3.13. The number of anilines is 1. The van der Waals surface area contributed by atoms with Crippen molar-refractivity contribution in [3.63, 3.8) is 0 Å². The van der Waals surface area contributed by atoms with Crippen molar-refractivity contribution < 1.29 is 19.1 Å². The summed E-state index contributed by atoms with van der Waals surface area (Å²) in [6.45, 7) is 0. The Hall–Kier alpha value is -4.07. The predicted octanol–water partition coefficient (Wildman–Crippen LogP) is 6.61. The highest BCUT2D eigenvalue weighted by Crippen LogP contribution is 2.33. The van der Waals surface area contributed by atoms with E-state index in [1.807, 2.05) is 23.6 Å². The van der Waals surface area contributed by atoms with Crippen LogP contribution in [0.4, 0.5) is 5.69 Å². The Labute approximate surface area is 211 Å². The van der Waals surface area contributed by atoms with Crippen LogP contribution >= 0.6 is 22.9 Å². The topological polar surface area (TPSA) is 76.7 Å². The Balaban J connectivity index is 1.61. The van der Waals surface area contributed by atoms with Gasteiger partial charge >= 0.3 is 0 Å². The van der Waals surface area contributed by atoms with Gasteiger partial charge in [0.05, 0.1) is 12.8 Å². The number of carbonyl (C=O) groups excluding carboxylic acids is 2. The molecule has 6 nitrogen and oxygen atoms in total. The summed E-state index contributed by atoms with van der Waals surface area (Å²) in [4.78, 5) is 26.9. The van der Waals surface area contributed by atoms with Gasteiger partial charge in [0.25, 0.3) is 11.8 Å². The van der Waals surface area contributed by atoms with Crippen LogP contribution in [0.3, 0.4) is 0 Å². The van der Waals surface area contributed by atoms with Gasteiger partial charge in [0.15, 0.2) is 5.75 Å². The molecule has 8 heteroatoms. The molecular formula is C27H21ClN2O4S. The second kappa shape index (κ2) is 11.4. The van der Waals surface area contributed by atoms with Crippen LogP contribution in [0.15, 0.2) is 96.0 Å². The van der Waals surface area contributed by atoms with Gasteiger partial charge in [-0.05, 0) is 60.0 Å². The number of halogens is 1. The van der Waals surface area contributed by atoms with E-state index in [2.05, 4.69) is 10.6 Å². The third kappa shape index (κ3) is 6.50. The summed E-state index contributed by atoms with van der Waals surface area (Å²) >= 11 is 7.64. The zero-order valence-electron chi connectivity index (χ0n) is 18.7. The molecule has 0 radical (unpaired) electrons. The zero-order chi connectivity index (χ0) is 24.6. The molecule has 2 amide bonds. The number of hydrogen-bond donors (Lipinski definition) is 2. The summed E-state index contributed by atoms with van der Waals surface area (Å²) in [6, 6.07) is 24.4. The van der Waals surface area contributed by atoms with E-state index in [9.17, 15) is 9.59 Å². The van der Waals surface area contributed by atoms with E-state index in [0.29, 0.717) is 33.5 Å². The van der Waals surface area contributed by atoms with Crippen molar-refractivity contribution in [3.05, 3.63) is 111 Å². The highest BCUT2D eigenvalue weighted by Gasteiger charge is 2.17. The van der Waals surface area contributed by atoms with Crippen LogP contribution in [-0.4, -0.2) is 18.9 Å². The zero-order valence-corrected chi connectivity index (χ0v) is 20.2. The lowest BCUT2D eigenvalue weighted by Crippen LogP contribution is -2.30. The summed E-state index contributed by atoms with van der Waals surface area (Å²) in [6.07, 6.45) is 1.62. The molecule has 4 rings (SSSR count). The normalized spacial score (nSPS) is 11.0. The van der Waals surface area contributed by atoms with E-state index in [1.165, 1.54) is 11.3 Å². The minimum atomic E-state index is -0.527. The molecule has 0 unspecified atom stereocenters. The van der Waals surface area contributed by atoms with Crippen LogP contribution in [0.1, 0.15) is 15.2 Å². The molecular weight excluding hydrogens is 484 g/mol. The highest BCUT2D eigenvalue weighted by molar-refractivity contribution is 7.10.